The van der Waals surface area contributed by atoms with Crippen molar-refractivity contribution in [3.8, 4) is 0 Å². The van der Waals surface area contributed by atoms with Crippen LogP contribution in [0.25, 0.3) is 0 Å². The smallest absolute Gasteiger partial charge is 0.261 e. The second-order valence-electron chi connectivity index (χ2n) is 3.71. The van der Waals surface area contributed by atoms with Crippen molar-refractivity contribution < 1.29 is 0 Å². The van der Waals surface area contributed by atoms with E-state index in [2.05, 4.69) is 6.92 Å². The van der Waals surface area contributed by atoms with Crippen molar-refractivity contribution in [1.29, 1.82) is 0 Å². The first-order valence-corrected chi connectivity index (χ1v) is 6.83. The molecule has 0 amide bonds. The van der Waals surface area contributed by atoms with E-state index in [1.807, 2.05) is 0 Å². The molecule has 1 unspecified atom stereocenters. The first kappa shape index (κ1) is 12.8. The van der Waals surface area contributed by atoms with Gasteiger partial charge in [-0.25, -0.2) is 3.96 Å². The Kier molecular flexibility index (Phi) is 6.03. The van der Waals surface area contributed by atoms with Gasteiger partial charge in [0.15, 0.2) is 0 Å². The van der Waals surface area contributed by atoms with Gasteiger partial charge in [-0.2, -0.15) is 0 Å². The van der Waals surface area contributed by atoms with Crippen LogP contribution < -0.4 is 5.56 Å². The molecule has 1 heterocycles. The molecule has 2 nitrogen and oxygen atoms in total. The third-order valence-electron chi connectivity index (χ3n) is 2.40. The molecule has 1 atom stereocenters. The van der Waals surface area contributed by atoms with Crippen molar-refractivity contribution in [1.82, 2.24) is 3.96 Å². The SMILES string of the molecule is CCCCCCCC(Cl)n1sccc1=O. The number of unbranched alkanes of at least 4 members (excludes halogenated alkanes) is 4. The molecule has 15 heavy (non-hydrogen) atoms. The fourth-order valence-corrected chi connectivity index (χ4v) is 2.62. The van der Waals surface area contributed by atoms with E-state index in [1.54, 1.807) is 15.4 Å². The highest BCUT2D eigenvalue weighted by molar-refractivity contribution is 7.04. The van der Waals surface area contributed by atoms with E-state index in [0.29, 0.717) is 0 Å². The Morgan fingerprint density at radius 1 is 1.40 bits per heavy atom. The third kappa shape index (κ3) is 4.39. The van der Waals surface area contributed by atoms with Crippen molar-refractivity contribution >= 4 is 23.1 Å². The highest BCUT2D eigenvalue weighted by atomic mass is 35.5. The van der Waals surface area contributed by atoms with Crippen LogP contribution in [0.2, 0.25) is 0 Å². The van der Waals surface area contributed by atoms with E-state index in [0.717, 1.165) is 12.8 Å². The zero-order valence-corrected chi connectivity index (χ0v) is 10.7. The number of hydrogen-bond donors (Lipinski definition) is 0. The summed E-state index contributed by atoms with van der Waals surface area (Å²) >= 11 is 7.54. The van der Waals surface area contributed by atoms with Gasteiger partial charge in [-0.05, 0) is 6.42 Å². The first-order chi connectivity index (χ1) is 7.25. The Morgan fingerprint density at radius 2 is 2.13 bits per heavy atom. The van der Waals surface area contributed by atoms with Gasteiger partial charge in [-0.15, -0.1) is 0 Å². The fourth-order valence-electron chi connectivity index (χ4n) is 1.52. The third-order valence-corrected chi connectivity index (χ3v) is 3.85. The average Bonchev–Trinajstić information content (AvgIpc) is 2.64. The number of aromatic nitrogens is 1. The molecule has 0 saturated heterocycles. The zero-order chi connectivity index (χ0) is 11.1. The summed E-state index contributed by atoms with van der Waals surface area (Å²) in [5.41, 5.74) is -0.132. The van der Waals surface area contributed by atoms with Crippen molar-refractivity contribution in [2.75, 3.05) is 0 Å². The summed E-state index contributed by atoms with van der Waals surface area (Å²) < 4.78 is 1.64. The molecular formula is C11H18ClNOS. The van der Waals surface area contributed by atoms with Gasteiger partial charge in [0.05, 0.1) is 0 Å². The highest BCUT2D eigenvalue weighted by Crippen LogP contribution is 2.20. The molecule has 0 N–H and O–H groups in total. The molecule has 0 aliphatic carbocycles. The Morgan fingerprint density at radius 3 is 2.73 bits per heavy atom. The van der Waals surface area contributed by atoms with Crippen molar-refractivity contribution in [2.45, 2.75) is 50.9 Å². The Labute approximate surface area is 100 Å². The van der Waals surface area contributed by atoms with Gasteiger partial charge < -0.3 is 0 Å². The Bertz CT molecular complexity index is 320. The van der Waals surface area contributed by atoms with Crippen LogP contribution in [0.5, 0.6) is 0 Å². The average molecular weight is 248 g/mol. The standard InChI is InChI=1S/C11H18ClNOS/c1-2-3-4-5-6-7-10(12)13-11(14)8-9-15-13/h8-10H,2-7H2,1H3. The molecule has 86 valence electrons. The Balaban J connectivity index is 2.22. The van der Waals surface area contributed by atoms with E-state index in [4.69, 9.17) is 11.6 Å². The number of alkyl halides is 1. The second kappa shape index (κ2) is 7.07. The predicted octanol–water partition coefficient (Wildman–Crippen LogP) is 4.01. The molecule has 1 aromatic rings. The maximum absolute atomic E-state index is 11.3. The van der Waals surface area contributed by atoms with Crippen molar-refractivity contribution in [3.05, 3.63) is 21.8 Å². The van der Waals surface area contributed by atoms with E-state index in [-0.39, 0.29) is 11.1 Å². The minimum Gasteiger partial charge on any atom is -0.268 e. The van der Waals surface area contributed by atoms with Gasteiger partial charge >= 0.3 is 0 Å². The lowest BCUT2D eigenvalue weighted by Crippen LogP contribution is -2.14. The van der Waals surface area contributed by atoms with Crippen LogP contribution in [0.15, 0.2) is 16.2 Å². The maximum atomic E-state index is 11.3. The summed E-state index contributed by atoms with van der Waals surface area (Å²) in [4.78, 5) is 11.3. The van der Waals surface area contributed by atoms with E-state index in [9.17, 15) is 4.79 Å². The van der Waals surface area contributed by atoms with Gasteiger partial charge in [0.25, 0.3) is 5.56 Å². The molecule has 0 aliphatic rings. The van der Waals surface area contributed by atoms with E-state index < -0.39 is 0 Å². The fraction of sp³-hybridized carbons (Fsp3) is 0.727. The summed E-state index contributed by atoms with van der Waals surface area (Å²) in [6.07, 6.45) is 7.06. The van der Waals surface area contributed by atoms with Gasteiger partial charge in [0.1, 0.15) is 5.50 Å². The molecule has 0 bridgehead atoms. The van der Waals surface area contributed by atoms with Crippen molar-refractivity contribution in [3.63, 3.8) is 0 Å². The lowest BCUT2D eigenvalue weighted by atomic mass is 10.1. The molecule has 0 aliphatic heterocycles. The van der Waals surface area contributed by atoms with Crippen molar-refractivity contribution in [2.24, 2.45) is 0 Å². The monoisotopic (exact) mass is 247 g/mol. The minimum atomic E-state index is -0.154. The number of rotatable bonds is 7. The molecule has 0 saturated carbocycles. The molecule has 0 spiro atoms. The van der Waals surface area contributed by atoms with Crippen LogP contribution >= 0.6 is 23.1 Å². The molecule has 1 aromatic heterocycles. The quantitative estimate of drug-likeness (QED) is 0.527. The summed E-state index contributed by atoms with van der Waals surface area (Å²) in [5, 5.41) is 1.79. The normalized spacial score (nSPS) is 12.9. The molecule has 0 fully saturated rings. The maximum Gasteiger partial charge on any atom is 0.261 e. The zero-order valence-electron chi connectivity index (χ0n) is 9.12. The van der Waals surface area contributed by atoms with Crippen LogP contribution in [-0.2, 0) is 0 Å². The Hall–Kier alpha value is -0.280. The largest absolute Gasteiger partial charge is 0.268 e. The van der Waals surface area contributed by atoms with E-state index in [1.165, 1.54) is 37.2 Å². The molecule has 0 radical (unpaired) electrons. The van der Waals surface area contributed by atoms with Crippen LogP contribution in [-0.4, -0.2) is 3.96 Å². The summed E-state index contributed by atoms with van der Waals surface area (Å²) in [6, 6.07) is 1.57. The number of halogens is 1. The predicted molar refractivity (Wildman–Crippen MR) is 66.8 cm³/mol. The minimum absolute atomic E-state index is 0.0218. The molecule has 0 aromatic carbocycles. The number of nitrogens with zero attached hydrogens (tertiary/aromatic N) is 1. The molecular weight excluding hydrogens is 230 g/mol. The van der Waals surface area contributed by atoms with Gasteiger partial charge in [-0.3, -0.25) is 4.79 Å². The van der Waals surface area contributed by atoms with Crippen LogP contribution in [0.3, 0.4) is 0 Å². The summed E-state index contributed by atoms with van der Waals surface area (Å²) in [5.74, 6) is 0. The molecule has 1 rings (SSSR count). The first-order valence-electron chi connectivity index (χ1n) is 5.56. The topological polar surface area (TPSA) is 22.0 Å². The molecule has 4 heteroatoms. The number of hydrogen-bond acceptors (Lipinski definition) is 2. The highest BCUT2D eigenvalue weighted by Gasteiger charge is 2.08. The lowest BCUT2D eigenvalue weighted by Gasteiger charge is -2.08. The van der Waals surface area contributed by atoms with Gasteiger partial charge in [0, 0.05) is 11.4 Å². The second-order valence-corrected chi connectivity index (χ2v) is 5.09. The van der Waals surface area contributed by atoms with Crippen LogP contribution in [0.4, 0.5) is 0 Å². The van der Waals surface area contributed by atoms with Gasteiger partial charge in [-0.1, -0.05) is 62.2 Å². The van der Waals surface area contributed by atoms with Crippen LogP contribution in [0, 0.1) is 0 Å². The van der Waals surface area contributed by atoms with E-state index >= 15 is 0 Å². The van der Waals surface area contributed by atoms with Crippen LogP contribution in [0.1, 0.15) is 50.9 Å². The lowest BCUT2D eigenvalue weighted by molar-refractivity contribution is 0.554. The summed E-state index contributed by atoms with van der Waals surface area (Å²) in [6.45, 7) is 2.20. The van der Waals surface area contributed by atoms with Gasteiger partial charge in [0.2, 0.25) is 0 Å². The summed E-state index contributed by atoms with van der Waals surface area (Å²) in [7, 11) is 0.